The van der Waals surface area contributed by atoms with Crippen LogP contribution in [0.3, 0.4) is 0 Å². The van der Waals surface area contributed by atoms with Gasteiger partial charge < -0.3 is 9.84 Å². The van der Waals surface area contributed by atoms with Crippen LogP contribution in [0.4, 0.5) is 0 Å². The van der Waals surface area contributed by atoms with Gasteiger partial charge in [-0.1, -0.05) is 58.4 Å². The highest BCUT2D eigenvalue weighted by Gasteiger charge is 2.42. The fourth-order valence-electron chi connectivity index (χ4n) is 6.63. The maximum Gasteiger partial charge on any atom is 0.119 e. The van der Waals surface area contributed by atoms with Gasteiger partial charge in [-0.3, -0.25) is 9.88 Å². The minimum Gasteiger partial charge on any atom is -0.497 e. The van der Waals surface area contributed by atoms with Gasteiger partial charge in [-0.2, -0.15) is 0 Å². The SMILES string of the molecule is BrC1Cc2cccc3cccc1c23.C=C[C@H]1CN2CC[C@H]1C[C@H]2[C@H](O)c1ccnc2ccc(OC)cc12. The summed E-state index contributed by atoms with van der Waals surface area (Å²) in [6, 6.07) is 21.1. The predicted octanol–water partition coefficient (Wildman–Crippen LogP) is 7.01. The molecule has 0 radical (unpaired) electrons. The molecular formula is C32H33BrN2O2. The molecule has 190 valence electrons. The summed E-state index contributed by atoms with van der Waals surface area (Å²) in [5.41, 5.74) is 4.78. The van der Waals surface area contributed by atoms with E-state index in [1.807, 2.05) is 24.3 Å². The van der Waals surface area contributed by atoms with E-state index in [2.05, 4.69) is 74.9 Å². The molecular weight excluding hydrogens is 524 g/mol. The van der Waals surface area contributed by atoms with Gasteiger partial charge in [-0.15, -0.1) is 6.58 Å². The van der Waals surface area contributed by atoms with Crippen LogP contribution in [0, 0.1) is 11.8 Å². The molecule has 5 heteroatoms. The maximum atomic E-state index is 11.2. The molecule has 1 aromatic heterocycles. The summed E-state index contributed by atoms with van der Waals surface area (Å²) in [6.07, 6.45) is 6.76. The van der Waals surface area contributed by atoms with Crippen LogP contribution in [-0.4, -0.2) is 41.2 Å². The van der Waals surface area contributed by atoms with E-state index >= 15 is 0 Å². The molecule has 2 bridgehead atoms. The van der Waals surface area contributed by atoms with E-state index in [4.69, 9.17) is 4.74 Å². The Morgan fingerprint density at radius 2 is 2.00 bits per heavy atom. The highest BCUT2D eigenvalue weighted by atomic mass is 79.9. The molecule has 3 aliphatic heterocycles. The largest absolute Gasteiger partial charge is 0.497 e. The van der Waals surface area contributed by atoms with Crippen LogP contribution in [0.15, 0.2) is 79.5 Å². The fraction of sp³-hybridized carbons (Fsp3) is 0.344. The lowest BCUT2D eigenvalue weighted by Crippen LogP contribution is -2.54. The Morgan fingerprint density at radius 3 is 2.76 bits per heavy atom. The van der Waals surface area contributed by atoms with E-state index in [1.54, 1.807) is 13.3 Å². The number of methoxy groups -OCH3 is 1. The van der Waals surface area contributed by atoms with Gasteiger partial charge >= 0.3 is 0 Å². The molecule has 8 rings (SSSR count). The molecule has 6 atom stereocenters. The summed E-state index contributed by atoms with van der Waals surface area (Å²) in [5, 5.41) is 15.0. The summed E-state index contributed by atoms with van der Waals surface area (Å²) in [7, 11) is 1.66. The van der Waals surface area contributed by atoms with Crippen molar-refractivity contribution in [3.8, 4) is 5.75 Å². The quantitative estimate of drug-likeness (QED) is 0.217. The van der Waals surface area contributed by atoms with Crippen molar-refractivity contribution in [2.24, 2.45) is 11.8 Å². The van der Waals surface area contributed by atoms with Crippen LogP contribution in [0.5, 0.6) is 5.75 Å². The van der Waals surface area contributed by atoms with Gasteiger partial charge in [-0.25, -0.2) is 0 Å². The smallest absolute Gasteiger partial charge is 0.119 e. The Kier molecular flexibility index (Phi) is 6.78. The standard InChI is InChI=1S/C20H24N2O2.C12H9Br/c1-3-13-12-22-9-7-14(13)10-19(22)20(23)16-6-8-21-18-5-4-15(24-2)11-17(16)18;13-11-7-9-5-1-3-8-4-2-6-10(11)12(8)9/h3-6,8,11,13-14,19-20,23H,1,7,9-10,12H2,2H3;1-6,11H,7H2/t13-,14-,19-,20+;/m0./s1. The number of halogens is 1. The number of alkyl halides is 1. The zero-order chi connectivity index (χ0) is 25.5. The number of benzene rings is 3. The zero-order valence-corrected chi connectivity index (χ0v) is 22.8. The van der Waals surface area contributed by atoms with Crippen LogP contribution in [0.1, 0.15) is 40.5 Å². The van der Waals surface area contributed by atoms with Crippen molar-refractivity contribution in [2.75, 3.05) is 20.2 Å². The normalized spacial score (nSPS) is 26.5. The van der Waals surface area contributed by atoms with Gasteiger partial charge in [-0.05, 0) is 89.4 Å². The van der Waals surface area contributed by atoms with Gasteiger partial charge in [0.25, 0.3) is 0 Å². The Labute approximate surface area is 227 Å². The number of aliphatic hydroxyl groups excluding tert-OH is 1. The van der Waals surface area contributed by atoms with Crippen molar-refractivity contribution < 1.29 is 9.84 Å². The molecule has 4 heterocycles. The number of hydrogen-bond acceptors (Lipinski definition) is 4. The second-order valence-corrected chi connectivity index (χ2v) is 11.6. The Bertz CT molecular complexity index is 1450. The molecule has 3 saturated heterocycles. The van der Waals surface area contributed by atoms with Crippen molar-refractivity contribution in [3.63, 3.8) is 0 Å². The van der Waals surface area contributed by atoms with Gasteiger partial charge in [0.1, 0.15) is 5.75 Å². The van der Waals surface area contributed by atoms with Crippen molar-refractivity contribution in [3.05, 3.63) is 96.2 Å². The fourth-order valence-corrected chi connectivity index (χ4v) is 7.36. The van der Waals surface area contributed by atoms with Gasteiger partial charge in [0.15, 0.2) is 0 Å². The molecule has 0 spiro atoms. The highest BCUT2D eigenvalue weighted by Crippen LogP contribution is 2.43. The lowest BCUT2D eigenvalue weighted by molar-refractivity contribution is -0.0444. The summed E-state index contributed by atoms with van der Waals surface area (Å²) in [4.78, 5) is 7.38. The van der Waals surface area contributed by atoms with Gasteiger partial charge in [0.05, 0.1) is 18.7 Å². The number of ether oxygens (including phenoxy) is 1. The summed E-state index contributed by atoms with van der Waals surface area (Å²) >= 11 is 3.71. The van der Waals surface area contributed by atoms with E-state index in [9.17, 15) is 5.11 Å². The van der Waals surface area contributed by atoms with Crippen molar-refractivity contribution in [2.45, 2.75) is 36.2 Å². The van der Waals surface area contributed by atoms with E-state index in [1.165, 1.54) is 28.3 Å². The average molecular weight is 558 g/mol. The third-order valence-corrected chi connectivity index (χ3v) is 9.40. The van der Waals surface area contributed by atoms with Crippen LogP contribution >= 0.6 is 15.9 Å². The molecule has 1 N–H and O–H groups in total. The van der Waals surface area contributed by atoms with Crippen LogP contribution in [-0.2, 0) is 6.42 Å². The van der Waals surface area contributed by atoms with Crippen LogP contribution in [0.25, 0.3) is 21.7 Å². The van der Waals surface area contributed by atoms with E-state index in [0.29, 0.717) is 16.7 Å². The van der Waals surface area contributed by atoms with Gasteiger partial charge in [0, 0.05) is 29.0 Å². The second-order valence-electron chi connectivity index (χ2n) is 10.5. The Morgan fingerprint density at radius 1 is 1.16 bits per heavy atom. The lowest BCUT2D eigenvalue weighted by atomic mass is 9.73. The number of aliphatic hydroxyl groups is 1. The van der Waals surface area contributed by atoms with Crippen LogP contribution < -0.4 is 4.74 Å². The minimum absolute atomic E-state index is 0.178. The third kappa shape index (κ3) is 4.47. The number of aromatic nitrogens is 1. The number of nitrogens with zero attached hydrogens (tertiary/aromatic N) is 2. The summed E-state index contributed by atoms with van der Waals surface area (Å²) < 4.78 is 5.35. The van der Waals surface area contributed by atoms with Crippen LogP contribution in [0.2, 0.25) is 0 Å². The Hall–Kier alpha value is -2.73. The molecule has 4 aliphatic rings. The van der Waals surface area contributed by atoms with Gasteiger partial charge in [0.2, 0.25) is 0 Å². The van der Waals surface area contributed by atoms with E-state index in [0.717, 1.165) is 48.1 Å². The highest BCUT2D eigenvalue weighted by molar-refractivity contribution is 9.09. The molecule has 3 aromatic carbocycles. The molecule has 0 amide bonds. The number of fused-ring (bicyclic) bond motifs is 4. The molecule has 4 aromatic rings. The van der Waals surface area contributed by atoms with Crippen molar-refractivity contribution in [1.29, 1.82) is 0 Å². The first-order valence-corrected chi connectivity index (χ1v) is 14.1. The predicted molar refractivity (Wildman–Crippen MR) is 154 cm³/mol. The molecule has 4 nitrogen and oxygen atoms in total. The first-order valence-electron chi connectivity index (χ1n) is 13.2. The molecule has 1 aliphatic carbocycles. The number of piperidine rings is 3. The second kappa shape index (κ2) is 10.2. The third-order valence-electron chi connectivity index (χ3n) is 8.58. The monoisotopic (exact) mass is 556 g/mol. The number of hydrogen-bond donors (Lipinski definition) is 1. The molecule has 3 fully saturated rings. The number of rotatable bonds is 4. The molecule has 2 unspecified atom stereocenters. The van der Waals surface area contributed by atoms with E-state index < -0.39 is 6.10 Å². The Balaban J connectivity index is 0.000000162. The minimum atomic E-state index is -0.504. The molecule has 0 saturated carbocycles. The number of pyridine rings is 1. The first-order chi connectivity index (χ1) is 18.1. The first kappa shape index (κ1) is 24.6. The summed E-state index contributed by atoms with van der Waals surface area (Å²) in [5.74, 6) is 2.01. The lowest BCUT2D eigenvalue weighted by Gasteiger charge is -2.50. The van der Waals surface area contributed by atoms with Crippen molar-refractivity contribution in [1.82, 2.24) is 9.88 Å². The maximum absolute atomic E-state index is 11.2. The van der Waals surface area contributed by atoms with Crippen molar-refractivity contribution >= 4 is 37.6 Å². The topological polar surface area (TPSA) is 45.6 Å². The average Bonchev–Trinajstić information content (AvgIpc) is 3.29. The zero-order valence-electron chi connectivity index (χ0n) is 21.2. The molecule has 37 heavy (non-hydrogen) atoms. The van der Waals surface area contributed by atoms with E-state index in [-0.39, 0.29) is 6.04 Å². The summed E-state index contributed by atoms with van der Waals surface area (Å²) in [6.45, 7) is 6.07.